The maximum atomic E-state index is 13.1. The van der Waals surface area contributed by atoms with Crippen molar-refractivity contribution in [3.8, 4) is 11.5 Å². The Morgan fingerprint density at radius 3 is 2.23 bits per heavy atom. The predicted molar refractivity (Wildman–Crippen MR) is 133 cm³/mol. The molecule has 1 heterocycles. The van der Waals surface area contributed by atoms with E-state index in [1.165, 1.54) is 26.4 Å². The Kier molecular flexibility index (Phi) is 9.41. The third kappa shape index (κ3) is 7.18. The molecule has 0 saturated heterocycles. The molecule has 1 atom stereocenters. The van der Waals surface area contributed by atoms with Gasteiger partial charge in [-0.3, -0.25) is 4.79 Å². The fraction of sp³-hybridized carbons (Fsp3) is 0.240. The van der Waals surface area contributed by atoms with Crippen molar-refractivity contribution < 1.29 is 45.4 Å². The lowest BCUT2D eigenvalue weighted by atomic mass is 10.1. The van der Waals surface area contributed by atoms with E-state index >= 15 is 0 Å². The topological polar surface area (TPSA) is 121 Å². The monoisotopic (exact) mass is 586 g/mol. The van der Waals surface area contributed by atoms with Gasteiger partial charge in [0.25, 0.3) is 15.7 Å². The average molecular weight is 587 g/mol. The summed E-state index contributed by atoms with van der Waals surface area (Å²) in [6.45, 7) is 0.0887. The number of sulfone groups is 1. The maximum absolute atomic E-state index is 13.1. The number of methoxy groups -OCH3 is 2. The van der Waals surface area contributed by atoms with Crippen LogP contribution in [-0.2, 0) is 25.8 Å². The zero-order valence-electron chi connectivity index (χ0n) is 20.5. The fourth-order valence-corrected chi connectivity index (χ4v) is 4.23. The summed E-state index contributed by atoms with van der Waals surface area (Å²) in [4.78, 5) is 28.5. The molecule has 3 aromatic rings. The number of nitrogens with one attached hydrogen (secondary N) is 1. The first kappa shape index (κ1) is 29.7. The molecular formula is C25H22ClF3N2O7S. The Bertz CT molecular complexity index is 1430. The number of hydrogen-bond acceptors (Lipinski definition) is 8. The van der Waals surface area contributed by atoms with Crippen LogP contribution in [0, 0.1) is 0 Å². The Hall–Kier alpha value is -3.84. The first-order chi connectivity index (χ1) is 18.4. The van der Waals surface area contributed by atoms with E-state index in [9.17, 15) is 31.2 Å². The van der Waals surface area contributed by atoms with Gasteiger partial charge in [-0.1, -0.05) is 29.8 Å². The number of carbonyl (C=O) groups is 2. The van der Waals surface area contributed by atoms with E-state index in [1.54, 1.807) is 18.2 Å². The standard InChI is InChI=1S/C25H22ClF3N2O7S/c1-36-19-9-3-15(13-20(19)37-2)11-12-30-23(32)22(38-24(33)17-6-10-21(26)31-14-17)16-4-7-18(8-5-16)39(34,35)25(27,28)29/h3-10,13-14,22H,11-12H2,1-2H3,(H,30,32). The number of ether oxygens (including phenoxy) is 3. The molecular weight excluding hydrogens is 565 g/mol. The van der Waals surface area contributed by atoms with E-state index in [0.29, 0.717) is 30.1 Å². The number of alkyl halides is 3. The third-order valence-corrected chi connectivity index (χ3v) is 7.11. The van der Waals surface area contributed by atoms with E-state index in [4.69, 9.17) is 25.8 Å². The van der Waals surface area contributed by atoms with Gasteiger partial charge in [0.2, 0.25) is 6.10 Å². The molecule has 2 aromatic carbocycles. The zero-order chi connectivity index (χ0) is 28.8. The minimum atomic E-state index is -5.61. The minimum Gasteiger partial charge on any atom is -0.493 e. The van der Waals surface area contributed by atoms with Crippen molar-refractivity contribution in [1.29, 1.82) is 0 Å². The van der Waals surface area contributed by atoms with Crippen LogP contribution >= 0.6 is 11.6 Å². The number of aromatic nitrogens is 1. The normalized spacial score (nSPS) is 12.4. The summed E-state index contributed by atoms with van der Waals surface area (Å²) in [6, 6.07) is 11.1. The fourth-order valence-electron chi connectivity index (χ4n) is 3.36. The van der Waals surface area contributed by atoms with Gasteiger partial charge in [0.1, 0.15) is 5.15 Å². The lowest BCUT2D eigenvalue weighted by Gasteiger charge is -2.19. The van der Waals surface area contributed by atoms with Gasteiger partial charge < -0.3 is 19.5 Å². The van der Waals surface area contributed by atoms with Gasteiger partial charge in [0, 0.05) is 18.3 Å². The second kappa shape index (κ2) is 12.3. The molecule has 208 valence electrons. The van der Waals surface area contributed by atoms with Crippen LogP contribution in [0.1, 0.15) is 27.6 Å². The molecule has 14 heteroatoms. The van der Waals surface area contributed by atoms with Crippen molar-refractivity contribution in [2.75, 3.05) is 20.8 Å². The minimum absolute atomic E-state index is 0.0428. The zero-order valence-corrected chi connectivity index (χ0v) is 22.1. The first-order valence-electron chi connectivity index (χ1n) is 11.1. The molecule has 3 rings (SSSR count). The Balaban J connectivity index is 1.82. The van der Waals surface area contributed by atoms with Crippen molar-refractivity contribution >= 4 is 33.3 Å². The Morgan fingerprint density at radius 2 is 1.67 bits per heavy atom. The average Bonchev–Trinajstić information content (AvgIpc) is 2.91. The smallest absolute Gasteiger partial charge is 0.493 e. The van der Waals surface area contributed by atoms with Crippen molar-refractivity contribution in [2.24, 2.45) is 0 Å². The summed E-state index contributed by atoms with van der Waals surface area (Å²) in [7, 11) is -2.65. The lowest BCUT2D eigenvalue weighted by molar-refractivity contribution is -0.130. The lowest BCUT2D eigenvalue weighted by Crippen LogP contribution is -2.33. The molecule has 0 saturated carbocycles. The second-order valence-electron chi connectivity index (χ2n) is 7.90. The van der Waals surface area contributed by atoms with Crippen LogP contribution in [0.25, 0.3) is 0 Å². The highest BCUT2D eigenvalue weighted by molar-refractivity contribution is 7.92. The number of rotatable bonds is 10. The maximum Gasteiger partial charge on any atom is 0.501 e. The van der Waals surface area contributed by atoms with E-state index < -0.39 is 38.2 Å². The van der Waals surface area contributed by atoms with Crippen LogP contribution in [0.3, 0.4) is 0 Å². The molecule has 39 heavy (non-hydrogen) atoms. The van der Waals surface area contributed by atoms with E-state index in [1.807, 2.05) is 0 Å². The Labute approximate surface area is 226 Å². The highest BCUT2D eigenvalue weighted by Crippen LogP contribution is 2.31. The molecule has 0 aliphatic carbocycles. The number of esters is 1. The van der Waals surface area contributed by atoms with Gasteiger partial charge in [0.15, 0.2) is 11.5 Å². The summed E-state index contributed by atoms with van der Waals surface area (Å²) in [5, 5.41) is 2.72. The van der Waals surface area contributed by atoms with Crippen molar-refractivity contribution in [3.05, 3.63) is 82.6 Å². The van der Waals surface area contributed by atoms with E-state index in [2.05, 4.69) is 10.3 Å². The van der Waals surface area contributed by atoms with Gasteiger partial charge in [0.05, 0.1) is 24.7 Å². The summed E-state index contributed by atoms with van der Waals surface area (Å²) in [5.74, 6) is -0.757. The Morgan fingerprint density at radius 1 is 1.00 bits per heavy atom. The van der Waals surface area contributed by atoms with Crippen LogP contribution in [0.5, 0.6) is 11.5 Å². The van der Waals surface area contributed by atoms with Gasteiger partial charge in [-0.05, 0) is 48.4 Å². The van der Waals surface area contributed by atoms with Crippen molar-refractivity contribution in [3.63, 3.8) is 0 Å². The van der Waals surface area contributed by atoms with Crippen LogP contribution in [0.15, 0.2) is 65.7 Å². The number of amides is 1. The predicted octanol–water partition coefficient (Wildman–Crippen LogP) is 4.30. The van der Waals surface area contributed by atoms with Crippen molar-refractivity contribution in [1.82, 2.24) is 10.3 Å². The van der Waals surface area contributed by atoms with Crippen LogP contribution in [0.2, 0.25) is 5.15 Å². The summed E-state index contributed by atoms with van der Waals surface area (Å²) >= 11 is 5.72. The summed E-state index contributed by atoms with van der Waals surface area (Å²) in [5.41, 5.74) is -4.83. The quantitative estimate of drug-likeness (QED) is 0.276. The van der Waals surface area contributed by atoms with Gasteiger partial charge in [-0.2, -0.15) is 13.2 Å². The summed E-state index contributed by atoms with van der Waals surface area (Å²) < 4.78 is 77.9. The molecule has 0 fully saturated rings. The molecule has 0 spiro atoms. The number of halogens is 4. The molecule has 9 nitrogen and oxygen atoms in total. The van der Waals surface area contributed by atoms with Crippen LogP contribution in [-0.4, -0.2) is 51.6 Å². The number of carbonyl (C=O) groups excluding carboxylic acids is 2. The highest BCUT2D eigenvalue weighted by Gasteiger charge is 2.46. The second-order valence-corrected chi connectivity index (χ2v) is 10.2. The number of pyridine rings is 1. The summed E-state index contributed by atoms with van der Waals surface area (Å²) in [6.07, 6.45) is -0.159. The highest BCUT2D eigenvalue weighted by atomic mass is 35.5. The SMILES string of the molecule is COc1ccc(CCNC(=O)C(OC(=O)c2ccc(Cl)nc2)c2ccc(S(=O)(=O)C(F)(F)F)cc2)cc1OC. The van der Waals surface area contributed by atoms with Gasteiger partial charge in [-0.15, -0.1) is 0 Å². The van der Waals surface area contributed by atoms with Crippen molar-refractivity contribution in [2.45, 2.75) is 22.9 Å². The molecule has 1 amide bonds. The van der Waals surface area contributed by atoms with E-state index in [0.717, 1.165) is 23.9 Å². The van der Waals surface area contributed by atoms with Gasteiger partial charge in [-0.25, -0.2) is 18.2 Å². The molecule has 1 N–H and O–H groups in total. The van der Waals surface area contributed by atoms with Crippen LogP contribution in [0.4, 0.5) is 13.2 Å². The molecule has 1 aromatic heterocycles. The van der Waals surface area contributed by atoms with E-state index in [-0.39, 0.29) is 22.8 Å². The van der Waals surface area contributed by atoms with Gasteiger partial charge >= 0.3 is 11.5 Å². The third-order valence-electron chi connectivity index (χ3n) is 5.38. The molecule has 0 aliphatic heterocycles. The number of benzene rings is 2. The number of hydrogen-bond donors (Lipinski definition) is 1. The molecule has 0 aliphatic rings. The molecule has 0 radical (unpaired) electrons. The molecule has 1 unspecified atom stereocenters. The first-order valence-corrected chi connectivity index (χ1v) is 13.0. The molecule has 0 bridgehead atoms. The number of nitrogens with zero attached hydrogens (tertiary/aromatic N) is 1. The van der Waals surface area contributed by atoms with Crippen LogP contribution < -0.4 is 14.8 Å². The largest absolute Gasteiger partial charge is 0.501 e.